The van der Waals surface area contributed by atoms with Crippen molar-refractivity contribution >= 4 is 10.0 Å². The molecule has 5 nitrogen and oxygen atoms in total. The fraction of sp³-hybridized carbons (Fsp3) is 1.00. The molecule has 1 heterocycles. The van der Waals surface area contributed by atoms with Gasteiger partial charge in [-0.2, -0.15) is 0 Å². The molecule has 0 saturated carbocycles. The summed E-state index contributed by atoms with van der Waals surface area (Å²) in [5.41, 5.74) is 5.22. The molecule has 0 radical (unpaired) electrons. The SMILES string of the molecule is CCC(CC)(CN)NS(=O)(=O)C1CCOCC1. The van der Waals surface area contributed by atoms with Crippen LogP contribution in [0.4, 0.5) is 0 Å². The van der Waals surface area contributed by atoms with Crippen LogP contribution < -0.4 is 10.5 Å². The average molecular weight is 264 g/mol. The van der Waals surface area contributed by atoms with Gasteiger partial charge in [-0.3, -0.25) is 0 Å². The van der Waals surface area contributed by atoms with E-state index in [4.69, 9.17) is 10.5 Å². The topological polar surface area (TPSA) is 81.4 Å². The van der Waals surface area contributed by atoms with Crippen molar-refractivity contribution < 1.29 is 13.2 Å². The van der Waals surface area contributed by atoms with Gasteiger partial charge in [-0.05, 0) is 25.7 Å². The largest absolute Gasteiger partial charge is 0.381 e. The van der Waals surface area contributed by atoms with Crippen molar-refractivity contribution in [3.05, 3.63) is 0 Å². The fourth-order valence-electron chi connectivity index (χ4n) is 2.10. The zero-order chi connectivity index (χ0) is 12.9. The summed E-state index contributed by atoms with van der Waals surface area (Å²) in [7, 11) is -3.29. The molecular formula is C11H24N2O3S. The summed E-state index contributed by atoms with van der Waals surface area (Å²) in [6, 6.07) is 0. The van der Waals surface area contributed by atoms with Crippen LogP contribution >= 0.6 is 0 Å². The van der Waals surface area contributed by atoms with Crippen LogP contribution in [0, 0.1) is 0 Å². The van der Waals surface area contributed by atoms with Crippen LogP contribution in [0.5, 0.6) is 0 Å². The molecule has 1 aliphatic heterocycles. The number of hydrogen-bond donors (Lipinski definition) is 2. The van der Waals surface area contributed by atoms with E-state index in [0.29, 0.717) is 45.4 Å². The van der Waals surface area contributed by atoms with Crippen molar-refractivity contribution in [2.24, 2.45) is 5.73 Å². The molecule has 0 aromatic rings. The molecule has 0 bridgehead atoms. The Balaban J connectivity index is 2.76. The molecule has 1 saturated heterocycles. The first-order chi connectivity index (χ1) is 7.99. The van der Waals surface area contributed by atoms with Gasteiger partial charge in [-0.25, -0.2) is 13.1 Å². The van der Waals surface area contributed by atoms with Crippen molar-refractivity contribution in [1.82, 2.24) is 4.72 Å². The average Bonchev–Trinajstić information content (AvgIpc) is 2.37. The second-order valence-electron chi connectivity index (χ2n) is 4.65. The zero-order valence-corrected chi connectivity index (χ0v) is 11.6. The highest BCUT2D eigenvalue weighted by atomic mass is 32.2. The third-order valence-electron chi connectivity index (χ3n) is 3.71. The lowest BCUT2D eigenvalue weighted by Crippen LogP contribution is -2.55. The third-order valence-corrected chi connectivity index (χ3v) is 5.78. The van der Waals surface area contributed by atoms with Gasteiger partial charge in [0.2, 0.25) is 10.0 Å². The number of nitrogens with two attached hydrogens (primary N) is 1. The van der Waals surface area contributed by atoms with Gasteiger partial charge in [0.1, 0.15) is 0 Å². The van der Waals surface area contributed by atoms with Crippen LogP contribution in [0.2, 0.25) is 0 Å². The molecule has 0 aliphatic carbocycles. The van der Waals surface area contributed by atoms with Crippen molar-refractivity contribution in [2.75, 3.05) is 19.8 Å². The maximum atomic E-state index is 12.3. The van der Waals surface area contributed by atoms with Gasteiger partial charge in [-0.15, -0.1) is 0 Å². The standard InChI is InChI=1S/C11H24N2O3S/c1-3-11(4-2,9-12)13-17(14,15)10-5-7-16-8-6-10/h10,13H,3-9,12H2,1-2H3. The lowest BCUT2D eigenvalue weighted by Gasteiger charge is -2.33. The number of nitrogens with one attached hydrogen (secondary N) is 1. The van der Waals surface area contributed by atoms with E-state index in [1.165, 1.54) is 0 Å². The molecular weight excluding hydrogens is 240 g/mol. The highest BCUT2D eigenvalue weighted by Gasteiger charge is 2.35. The second kappa shape index (κ2) is 6.13. The van der Waals surface area contributed by atoms with Crippen LogP contribution in [0.1, 0.15) is 39.5 Å². The predicted molar refractivity (Wildman–Crippen MR) is 68.3 cm³/mol. The van der Waals surface area contributed by atoms with Gasteiger partial charge >= 0.3 is 0 Å². The smallest absolute Gasteiger partial charge is 0.215 e. The minimum Gasteiger partial charge on any atom is -0.381 e. The van der Waals surface area contributed by atoms with Crippen molar-refractivity contribution in [2.45, 2.75) is 50.3 Å². The van der Waals surface area contributed by atoms with E-state index in [-0.39, 0.29) is 5.25 Å². The molecule has 0 unspecified atom stereocenters. The van der Waals surface area contributed by atoms with Crippen molar-refractivity contribution in [1.29, 1.82) is 0 Å². The van der Waals surface area contributed by atoms with E-state index in [0.717, 1.165) is 0 Å². The Kier molecular flexibility index (Phi) is 5.37. The molecule has 0 amide bonds. The van der Waals surface area contributed by atoms with E-state index >= 15 is 0 Å². The maximum absolute atomic E-state index is 12.3. The van der Waals surface area contributed by atoms with Gasteiger partial charge in [0.05, 0.1) is 5.25 Å². The summed E-state index contributed by atoms with van der Waals surface area (Å²) in [6.07, 6.45) is 2.57. The van der Waals surface area contributed by atoms with E-state index in [2.05, 4.69) is 4.72 Å². The Hall–Kier alpha value is -0.170. The molecule has 17 heavy (non-hydrogen) atoms. The van der Waals surface area contributed by atoms with Gasteiger partial charge in [0, 0.05) is 25.3 Å². The van der Waals surface area contributed by atoms with E-state index in [1.54, 1.807) is 0 Å². The minimum absolute atomic E-state index is 0.333. The van der Waals surface area contributed by atoms with Gasteiger partial charge in [0.25, 0.3) is 0 Å². The summed E-state index contributed by atoms with van der Waals surface area (Å²) < 4.78 is 32.5. The van der Waals surface area contributed by atoms with Gasteiger partial charge < -0.3 is 10.5 Å². The van der Waals surface area contributed by atoms with E-state index in [1.807, 2.05) is 13.8 Å². The van der Waals surface area contributed by atoms with Gasteiger partial charge in [0.15, 0.2) is 0 Å². The molecule has 0 aromatic heterocycles. The number of hydrogen-bond acceptors (Lipinski definition) is 4. The lowest BCUT2D eigenvalue weighted by molar-refractivity contribution is 0.0978. The van der Waals surface area contributed by atoms with E-state index in [9.17, 15) is 8.42 Å². The molecule has 1 fully saturated rings. The van der Waals surface area contributed by atoms with Crippen LogP contribution in [0.25, 0.3) is 0 Å². The zero-order valence-electron chi connectivity index (χ0n) is 10.7. The normalized spacial score (nSPS) is 19.5. The summed E-state index contributed by atoms with van der Waals surface area (Å²) >= 11 is 0. The monoisotopic (exact) mass is 264 g/mol. The molecule has 102 valence electrons. The summed E-state index contributed by atoms with van der Waals surface area (Å²) in [5, 5.41) is -0.333. The summed E-state index contributed by atoms with van der Waals surface area (Å²) in [5.74, 6) is 0. The first-order valence-electron chi connectivity index (χ1n) is 6.30. The molecule has 0 atom stereocenters. The van der Waals surface area contributed by atoms with E-state index < -0.39 is 15.6 Å². The Bertz CT molecular complexity index is 311. The minimum atomic E-state index is -3.29. The first-order valence-corrected chi connectivity index (χ1v) is 7.85. The van der Waals surface area contributed by atoms with Crippen LogP contribution in [0.3, 0.4) is 0 Å². The predicted octanol–water partition coefficient (Wildman–Crippen LogP) is 0.602. The summed E-state index contributed by atoms with van der Waals surface area (Å²) in [4.78, 5) is 0. The summed E-state index contributed by atoms with van der Waals surface area (Å²) in [6.45, 7) is 5.31. The second-order valence-corrected chi connectivity index (χ2v) is 6.61. The molecule has 1 rings (SSSR count). The maximum Gasteiger partial charge on any atom is 0.215 e. The fourth-order valence-corrected chi connectivity index (χ4v) is 4.05. The lowest BCUT2D eigenvalue weighted by atomic mass is 9.95. The highest BCUT2D eigenvalue weighted by molar-refractivity contribution is 7.90. The number of sulfonamides is 1. The van der Waals surface area contributed by atoms with Gasteiger partial charge in [-0.1, -0.05) is 13.8 Å². The molecule has 0 spiro atoms. The van der Waals surface area contributed by atoms with Crippen molar-refractivity contribution in [3.63, 3.8) is 0 Å². The van der Waals surface area contributed by atoms with Crippen LogP contribution in [0.15, 0.2) is 0 Å². The highest BCUT2D eigenvalue weighted by Crippen LogP contribution is 2.20. The Morgan fingerprint density at radius 3 is 2.24 bits per heavy atom. The quantitative estimate of drug-likeness (QED) is 0.736. The Morgan fingerprint density at radius 1 is 1.29 bits per heavy atom. The molecule has 0 aromatic carbocycles. The number of ether oxygens (including phenoxy) is 1. The molecule has 6 heteroatoms. The van der Waals surface area contributed by atoms with Crippen molar-refractivity contribution in [3.8, 4) is 0 Å². The Labute approximate surface area is 104 Å². The van der Waals surface area contributed by atoms with Crippen LogP contribution in [-0.2, 0) is 14.8 Å². The Morgan fingerprint density at radius 2 is 1.82 bits per heavy atom. The molecule has 3 N–H and O–H groups in total. The molecule has 1 aliphatic rings. The van der Waals surface area contributed by atoms with Crippen LogP contribution in [-0.4, -0.2) is 39.0 Å². The third kappa shape index (κ3) is 3.64. The number of rotatable bonds is 6. The first kappa shape index (κ1) is 14.9.